The van der Waals surface area contributed by atoms with Crippen LogP contribution in [0.3, 0.4) is 0 Å². The Morgan fingerprint density at radius 3 is 2.65 bits per heavy atom. The van der Waals surface area contributed by atoms with Gasteiger partial charge in [0, 0.05) is 42.1 Å². The zero-order valence-corrected chi connectivity index (χ0v) is 23.2. The van der Waals surface area contributed by atoms with E-state index in [2.05, 4.69) is 21.3 Å². The highest BCUT2D eigenvalue weighted by molar-refractivity contribution is 7.20. The van der Waals surface area contributed by atoms with Crippen LogP contribution < -0.4 is 10.2 Å². The fraction of sp³-hybridized carbons (Fsp3) is 0.355. The van der Waals surface area contributed by atoms with Gasteiger partial charge in [0.1, 0.15) is 0 Å². The van der Waals surface area contributed by atoms with Gasteiger partial charge in [-0.3, -0.25) is 9.59 Å². The molecular formula is C31H32N6O2S. The van der Waals surface area contributed by atoms with E-state index in [4.69, 9.17) is 5.26 Å². The van der Waals surface area contributed by atoms with Gasteiger partial charge in [0.25, 0.3) is 5.91 Å². The molecule has 2 amide bonds. The molecule has 3 heterocycles. The van der Waals surface area contributed by atoms with Crippen molar-refractivity contribution in [2.75, 3.05) is 31.1 Å². The highest BCUT2D eigenvalue weighted by Crippen LogP contribution is 2.35. The number of fused-ring (bicyclic) bond motifs is 1. The molecular weight excluding hydrogens is 520 g/mol. The standard InChI is InChI=1S/C31H32N6O2S/c32-17-22-3-5-23(6-4-22)19-36-21-33-18-27(36)20-37(31(39)24-7-8-24)26-9-10-28-25(15-26)16-29(40-28)30(38)34-11-14-35-12-1-2-13-35/h3-6,9-10,15-16,18,21,24H,1-2,7-8,11-14,19-20H2,(H,34,38). The number of nitrogens with one attached hydrogen (secondary N) is 1. The maximum atomic E-state index is 13.4. The Morgan fingerprint density at radius 1 is 1.10 bits per heavy atom. The van der Waals surface area contributed by atoms with Gasteiger partial charge < -0.3 is 19.7 Å². The number of carbonyl (C=O) groups is 2. The molecule has 40 heavy (non-hydrogen) atoms. The average Bonchev–Trinajstić information content (AvgIpc) is 3.32. The van der Waals surface area contributed by atoms with Crippen LogP contribution >= 0.6 is 11.3 Å². The molecule has 2 aromatic heterocycles. The Kier molecular flexibility index (Phi) is 7.62. The van der Waals surface area contributed by atoms with Crippen molar-refractivity contribution in [2.45, 2.75) is 38.8 Å². The maximum Gasteiger partial charge on any atom is 0.261 e. The topological polar surface area (TPSA) is 94.3 Å². The average molecular weight is 553 g/mol. The fourth-order valence-corrected chi connectivity index (χ4v) is 6.20. The summed E-state index contributed by atoms with van der Waals surface area (Å²) in [6, 6.07) is 17.6. The van der Waals surface area contributed by atoms with Crippen LogP contribution in [0.5, 0.6) is 0 Å². The van der Waals surface area contributed by atoms with Crippen LogP contribution in [-0.4, -0.2) is 52.4 Å². The molecule has 1 aliphatic heterocycles. The van der Waals surface area contributed by atoms with Crippen LogP contribution in [0.25, 0.3) is 10.1 Å². The summed E-state index contributed by atoms with van der Waals surface area (Å²) in [5.41, 5.74) is 3.45. The number of nitrogens with zero attached hydrogens (tertiary/aromatic N) is 5. The van der Waals surface area contributed by atoms with Gasteiger partial charge in [0.2, 0.25) is 5.91 Å². The van der Waals surface area contributed by atoms with E-state index >= 15 is 0 Å². The second-order valence-electron chi connectivity index (χ2n) is 10.7. The van der Waals surface area contributed by atoms with E-state index in [1.165, 1.54) is 24.2 Å². The van der Waals surface area contributed by atoms with Crippen LogP contribution in [0.15, 0.2) is 61.1 Å². The summed E-state index contributed by atoms with van der Waals surface area (Å²) in [5.74, 6) is 0.144. The minimum absolute atomic E-state index is 0.0421. The van der Waals surface area contributed by atoms with Crippen LogP contribution in [0, 0.1) is 17.2 Å². The molecule has 6 rings (SSSR count). The molecule has 0 spiro atoms. The van der Waals surface area contributed by atoms with Gasteiger partial charge in [0.05, 0.1) is 35.1 Å². The van der Waals surface area contributed by atoms with Crippen LogP contribution in [0.2, 0.25) is 0 Å². The summed E-state index contributed by atoms with van der Waals surface area (Å²) >= 11 is 1.48. The molecule has 0 atom stereocenters. The SMILES string of the molecule is N#Cc1ccc(Cn2cncc2CN(C(=O)C2CC2)c2ccc3sc(C(=O)NCCN4CCCC4)cc3c2)cc1. The summed E-state index contributed by atoms with van der Waals surface area (Å²) in [6.45, 7) is 4.79. The lowest BCUT2D eigenvalue weighted by Crippen LogP contribution is -2.33. The molecule has 8 nitrogen and oxygen atoms in total. The van der Waals surface area contributed by atoms with Crippen molar-refractivity contribution >= 4 is 38.9 Å². The number of anilines is 1. The normalized spacial score (nSPS) is 15.3. The number of nitriles is 1. The molecule has 9 heteroatoms. The van der Waals surface area contributed by atoms with Crippen molar-refractivity contribution in [3.63, 3.8) is 0 Å². The number of amides is 2. The Bertz CT molecular complexity index is 1560. The van der Waals surface area contributed by atoms with Gasteiger partial charge in [-0.05, 0) is 86.1 Å². The first-order valence-electron chi connectivity index (χ1n) is 13.9. The molecule has 4 aromatic rings. The van der Waals surface area contributed by atoms with Crippen molar-refractivity contribution in [1.82, 2.24) is 19.8 Å². The highest BCUT2D eigenvalue weighted by atomic mass is 32.1. The molecule has 2 aromatic carbocycles. The predicted molar refractivity (Wildman–Crippen MR) is 156 cm³/mol. The first-order valence-corrected chi connectivity index (χ1v) is 14.7. The van der Waals surface area contributed by atoms with E-state index in [0.29, 0.717) is 30.1 Å². The molecule has 1 saturated carbocycles. The lowest BCUT2D eigenvalue weighted by atomic mass is 10.1. The van der Waals surface area contributed by atoms with Crippen molar-refractivity contribution < 1.29 is 9.59 Å². The van der Waals surface area contributed by atoms with Gasteiger partial charge in [-0.15, -0.1) is 11.3 Å². The van der Waals surface area contributed by atoms with E-state index in [1.807, 2.05) is 64.2 Å². The first kappa shape index (κ1) is 26.2. The largest absolute Gasteiger partial charge is 0.350 e. The van der Waals surface area contributed by atoms with Gasteiger partial charge in [-0.25, -0.2) is 4.98 Å². The molecule has 2 fully saturated rings. The van der Waals surface area contributed by atoms with Crippen molar-refractivity contribution in [1.29, 1.82) is 5.26 Å². The van der Waals surface area contributed by atoms with Crippen LogP contribution in [0.4, 0.5) is 5.69 Å². The zero-order chi connectivity index (χ0) is 27.5. The fourth-order valence-electron chi connectivity index (χ4n) is 5.24. The number of rotatable bonds is 10. The number of aromatic nitrogens is 2. The quantitative estimate of drug-likeness (QED) is 0.305. The maximum absolute atomic E-state index is 13.4. The monoisotopic (exact) mass is 552 g/mol. The van der Waals surface area contributed by atoms with Crippen molar-refractivity contribution in [3.8, 4) is 6.07 Å². The molecule has 204 valence electrons. The van der Waals surface area contributed by atoms with Gasteiger partial charge in [-0.1, -0.05) is 12.1 Å². The van der Waals surface area contributed by atoms with E-state index in [-0.39, 0.29) is 17.7 Å². The summed E-state index contributed by atoms with van der Waals surface area (Å²) in [6.07, 6.45) is 7.91. The molecule has 0 unspecified atom stereocenters. The zero-order valence-electron chi connectivity index (χ0n) is 22.4. The van der Waals surface area contributed by atoms with E-state index in [1.54, 1.807) is 6.33 Å². The third-order valence-corrected chi connectivity index (χ3v) is 8.81. The lowest BCUT2D eigenvalue weighted by Gasteiger charge is -2.24. The van der Waals surface area contributed by atoms with Crippen LogP contribution in [-0.2, 0) is 17.9 Å². The first-order chi connectivity index (χ1) is 19.6. The minimum Gasteiger partial charge on any atom is -0.350 e. The Hall–Kier alpha value is -4.00. The summed E-state index contributed by atoms with van der Waals surface area (Å²) in [5, 5.41) is 13.1. The number of likely N-dealkylation sites (tertiary alicyclic amines) is 1. The second kappa shape index (κ2) is 11.6. The third kappa shape index (κ3) is 5.93. The number of carbonyl (C=O) groups excluding carboxylic acids is 2. The summed E-state index contributed by atoms with van der Waals surface area (Å²) < 4.78 is 3.07. The second-order valence-corrected chi connectivity index (χ2v) is 11.7. The molecule has 1 N–H and O–H groups in total. The van der Waals surface area contributed by atoms with E-state index in [9.17, 15) is 9.59 Å². The van der Waals surface area contributed by atoms with E-state index < -0.39 is 0 Å². The number of hydrogen-bond donors (Lipinski definition) is 1. The highest BCUT2D eigenvalue weighted by Gasteiger charge is 2.34. The number of thiophene rings is 1. The molecule has 2 aliphatic rings. The Balaban J connectivity index is 1.19. The molecule has 1 aliphatic carbocycles. The summed E-state index contributed by atoms with van der Waals surface area (Å²) in [4.78, 5) is 35.6. The van der Waals surface area contributed by atoms with Crippen molar-refractivity contribution in [3.05, 3.63) is 82.8 Å². The van der Waals surface area contributed by atoms with Gasteiger partial charge in [0.15, 0.2) is 0 Å². The number of benzene rings is 2. The van der Waals surface area contributed by atoms with Crippen molar-refractivity contribution in [2.24, 2.45) is 5.92 Å². The number of hydrogen-bond acceptors (Lipinski definition) is 6. The molecule has 1 saturated heterocycles. The third-order valence-electron chi connectivity index (χ3n) is 7.69. The predicted octanol–water partition coefficient (Wildman–Crippen LogP) is 4.79. The van der Waals surface area contributed by atoms with Crippen LogP contribution in [0.1, 0.15) is 52.2 Å². The Labute approximate surface area is 237 Å². The molecule has 0 bridgehead atoms. The summed E-state index contributed by atoms with van der Waals surface area (Å²) in [7, 11) is 0. The molecule has 0 radical (unpaired) electrons. The smallest absolute Gasteiger partial charge is 0.261 e. The lowest BCUT2D eigenvalue weighted by molar-refractivity contribution is -0.119. The minimum atomic E-state index is -0.0421. The Morgan fingerprint density at radius 2 is 1.90 bits per heavy atom. The number of imidazole rings is 1. The van der Waals surface area contributed by atoms with E-state index in [0.717, 1.165) is 59.5 Å². The van der Waals surface area contributed by atoms with Gasteiger partial charge in [-0.2, -0.15) is 5.26 Å². The van der Waals surface area contributed by atoms with Gasteiger partial charge >= 0.3 is 0 Å².